The second kappa shape index (κ2) is 5.80. The molecule has 1 amide bonds. The summed E-state index contributed by atoms with van der Waals surface area (Å²) in [4.78, 5) is 16.1. The van der Waals surface area contributed by atoms with Crippen LogP contribution in [0.1, 0.15) is 25.3 Å². The maximum Gasteiger partial charge on any atom is 0.253 e. The Bertz CT molecular complexity index is 447. The number of anilines is 1. The van der Waals surface area contributed by atoms with Crippen molar-refractivity contribution >= 4 is 27.5 Å². The highest BCUT2D eigenvalue weighted by Gasteiger charge is 2.24. The third-order valence-corrected chi connectivity index (χ3v) is 3.51. The van der Waals surface area contributed by atoms with E-state index in [1.54, 1.807) is 13.1 Å². The lowest BCUT2D eigenvalue weighted by Crippen LogP contribution is -2.28. The zero-order chi connectivity index (χ0) is 13.1. The van der Waals surface area contributed by atoms with Gasteiger partial charge in [0.1, 0.15) is 10.7 Å². The highest BCUT2D eigenvalue weighted by Crippen LogP contribution is 2.29. The Morgan fingerprint density at radius 2 is 2.39 bits per heavy atom. The van der Waals surface area contributed by atoms with Crippen molar-refractivity contribution in [3.63, 3.8) is 0 Å². The average Bonchev–Trinajstić information content (AvgIpc) is 3.14. The maximum atomic E-state index is 11.9. The van der Waals surface area contributed by atoms with Crippen LogP contribution in [0.25, 0.3) is 0 Å². The standard InChI is InChI=1S/C13H17BrN2O2/c1-8-5-11(12(14)15-6-8)16-13(17)9(2)18-7-10-3-4-10/h5-6,9-10H,3-4,7H2,1-2H3,(H,16,17). The van der Waals surface area contributed by atoms with Crippen molar-refractivity contribution in [1.82, 2.24) is 4.98 Å². The second-order valence-corrected chi connectivity index (χ2v) is 5.51. The van der Waals surface area contributed by atoms with Gasteiger partial charge < -0.3 is 10.1 Å². The number of ether oxygens (including phenoxy) is 1. The zero-order valence-corrected chi connectivity index (χ0v) is 12.2. The molecule has 0 radical (unpaired) electrons. The van der Waals surface area contributed by atoms with Crippen LogP contribution >= 0.6 is 15.9 Å². The van der Waals surface area contributed by atoms with Gasteiger partial charge >= 0.3 is 0 Å². The number of carbonyl (C=O) groups is 1. The molecule has 0 aliphatic heterocycles. The molecule has 0 spiro atoms. The van der Waals surface area contributed by atoms with E-state index in [1.807, 2.05) is 13.0 Å². The molecule has 0 aromatic carbocycles. The molecule has 1 saturated carbocycles. The van der Waals surface area contributed by atoms with Gasteiger partial charge in [-0.15, -0.1) is 0 Å². The third kappa shape index (κ3) is 3.78. The van der Waals surface area contributed by atoms with Gasteiger partial charge in [0.15, 0.2) is 0 Å². The summed E-state index contributed by atoms with van der Waals surface area (Å²) >= 11 is 3.31. The van der Waals surface area contributed by atoms with E-state index in [0.29, 0.717) is 22.8 Å². The zero-order valence-electron chi connectivity index (χ0n) is 10.6. The van der Waals surface area contributed by atoms with Gasteiger partial charge in [-0.05, 0) is 60.2 Å². The van der Waals surface area contributed by atoms with E-state index in [1.165, 1.54) is 12.8 Å². The number of hydrogen-bond donors (Lipinski definition) is 1. The van der Waals surface area contributed by atoms with Crippen LogP contribution in [-0.2, 0) is 9.53 Å². The minimum atomic E-state index is -0.432. The lowest BCUT2D eigenvalue weighted by Gasteiger charge is -2.14. The fourth-order valence-electron chi connectivity index (χ4n) is 1.52. The Balaban J connectivity index is 1.90. The molecule has 18 heavy (non-hydrogen) atoms. The van der Waals surface area contributed by atoms with Gasteiger partial charge in [-0.1, -0.05) is 0 Å². The Hall–Kier alpha value is -0.940. The van der Waals surface area contributed by atoms with Crippen molar-refractivity contribution < 1.29 is 9.53 Å². The highest BCUT2D eigenvalue weighted by molar-refractivity contribution is 9.10. The molecule has 0 saturated heterocycles. The molecule has 1 atom stereocenters. The minimum absolute atomic E-state index is 0.135. The van der Waals surface area contributed by atoms with Crippen LogP contribution in [0.3, 0.4) is 0 Å². The number of halogens is 1. The first kappa shape index (κ1) is 13.5. The maximum absolute atomic E-state index is 11.9. The first-order valence-electron chi connectivity index (χ1n) is 6.11. The van der Waals surface area contributed by atoms with Crippen LogP contribution in [-0.4, -0.2) is 23.6 Å². The van der Waals surface area contributed by atoms with Crippen molar-refractivity contribution in [2.45, 2.75) is 32.8 Å². The van der Waals surface area contributed by atoms with Gasteiger partial charge in [0.25, 0.3) is 5.91 Å². The van der Waals surface area contributed by atoms with Crippen molar-refractivity contribution in [3.05, 3.63) is 22.4 Å². The molecule has 1 aromatic rings. The molecule has 4 nitrogen and oxygen atoms in total. The average molecular weight is 313 g/mol. The molecular weight excluding hydrogens is 296 g/mol. The summed E-state index contributed by atoms with van der Waals surface area (Å²) in [6.07, 6.45) is 3.76. The number of pyridine rings is 1. The molecule has 1 fully saturated rings. The largest absolute Gasteiger partial charge is 0.368 e. The van der Waals surface area contributed by atoms with E-state index in [9.17, 15) is 4.79 Å². The molecule has 1 N–H and O–H groups in total. The monoisotopic (exact) mass is 312 g/mol. The highest BCUT2D eigenvalue weighted by atomic mass is 79.9. The summed E-state index contributed by atoms with van der Waals surface area (Å²) in [5.41, 5.74) is 1.68. The number of nitrogens with one attached hydrogen (secondary N) is 1. The van der Waals surface area contributed by atoms with E-state index in [4.69, 9.17) is 4.74 Å². The van der Waals surface area contributed by atoms with Gasteiger partial charge in [0.2, 0.25) is 0 Å². The van der Waals surface area contributed by atoms with Crippen molar-refractivity contribution in [3.8, 4) is 0 Å². The Kier molecular flexibility index (Phi) is 4.35. The summed E-state index contributed by atoms with van der Waals surface area (Å²) in [5, 5.41) is 2.82. The molecule has 5 heteroatoms. The van der Waals surface area contributed by atoms with Gasteiger partial charge in [0, 0.05) is 6.20 Å². The lowest BCUT2D eigenvalue weighted by molar-refractivity contribution is -0.126. The van der Waals surface area contributed by atoms with Gasteiger partial charge in [-0.3, -0.25) is 4.79 Å². The van der Waals surface area contributed by atoms with Crippen molar-refractivity contribution in [1.29, 1.82) is 0 Å². The van der Waals surface area contributed by atoms with Gasteiger partial charge in [0.05, 0.1) is 12.3 Å². The topological polar surface area (TPSA) is 51.2 Å². The number of amides is 1. The van der Waals surface area contributed by atoms with Crippen molar-refractivity contribution in [2.75, 3.05) is 11.9 Å². The van der Waals surface area contributed by atoms with Crippen LogP contribution in [0, 0.1) is 12.8 Å². The second-order valence-electron chi connectivity index (χ2n) is 4.76. The summed E-state index contributed by atoms with van der Waals surface area (Å²) in [6, 6.07) is 1.88. The Labute approximate surface area is 115 Å². The number of nitrogens with zero attached hydrogens (tertiary/aromatic N) is 1. The number of aryl methyl sites for hydroxylation is 1. The fourth-order valence-corrected chi connectivity index (χ4v) is 1.83. The molecule has 1 unspecified atom stereocenters. The number of aromatic nitrogens is 1. The minimum Gasteiger partial charge on any atom is -0.368 e. The number of carbonyl (C=O) groups excluding carboxylic acids is 1. The van der Waals surface area contributed by atoms with Crippen LogP contribution in [0.2, 0.25) is 0 Å². The van der Waals surface area contributed by atoms with Gasteiger partial charge in [-0.25, -0.2) is 4.98 Å². The SMILES string of the molecule is Cc1cnc(Br)c(NC(=O)C(C)OCC2CC2)c1. The predicted octanol–water partition coefficient (Wildman–Crippen LogP) is 2.91. The van der Waals surface area contributed by atoms with E-state index in [2.05, 4.69) is 26.2 Å². The van der Waals surface area contributed by atoms with E-state index in [-0.39, 0.29) is 5.91 Å². The fraction of sp³-hybridized carbons (Fsp3) is 0.538. The van der Waals surface area contributed by atoms with Gasteiger partial charge in [-0.2, -0.15) is 0 Å². The molecular formula is C13H17BrN2O2. The van der Waals surface area contributed by atoms with Crippen LogP contribution in [0.15, 0.2) is 16.9 Å². The summed E-state index contributed by atoms with van der Waals surface area (Å²) in [6.45, 7) is 4.39. The summed E-state index contributed by atoms with van der Waals surface area (Å²) in [7, 11) is 0. The predicted molar refractivity (Wildman–Crippen MR) is 73.4 cm³/mol. The molecule has 1 aliphatic rings. The molecule has 98 valence electrons. The molecule has 0 bridgehead atoms. The molecule has 1 heterocycles. The van der Waals surface area contributed by atoms with E-state index < -0.39 is 6.10 Å². The first-order valence-corrected chi connectivity index (χ1v) is 6.90. The molecule has 1 aliphatic carbocycles. The number of hydrogen-bond acceptors (Lipinski definition) is 3. The Morgan fingerprint density at radius 1 is 1.67 bits per heavy atom. The third-order valence-electron chi connectivity index (χ3n) is 2.88. The normalized spacial score (nSPS) is 16.4. The van der Waals surface area contributed by atoms with E-state index >= 15 is 0 Å². The van der Waals surface area contributed by atoms with Crippen molar-refractivity contribution in [2.24, 2.45) is 5.92 Å². The quantitative estimate of drug-likeness (QED) is 0.851. The van der Waals surface area contributed by atoms with Crippen LogP contribution in [0.4, 0.5) is 5.69 Å². The van der Waals surface area contributed by atoms with Crippen LogP contribution < -0.4 is 5.32 Å². The molecule has 1 aromatic heterocycles. The Morgan fingerprint density at radius 3 is 3.06 bits per heavy atom. The van der Waals surface area contributed by atoms with E-state index in [0.717, 1.165) is 5.56 Å². The summed E-state index contributed by atoms with van der Waals surface area (Å²) in [5.74, 6) is 0.524. The van der Waals surface area contributed by atoms with Crippen LogP contribution in [0.5, 0.6) is 0 Å². The molecule has 2 rings (SSSR count). The first-order chi connectivity index (χ1) is 8.56. The summed E-state index contributed by atoms with van der Waals surface area (Å²) < 4.78 is 6.16. The number of rotatable bonds is 5. The lowest BCUT2D eigenvalue weighted by atomic mass is 10.3. The smallest absolute Gasteiger partial charge is 0.253 e.